The fraction of sp³-hybridized carbons (Fsp3) is 0.429. The number of ether oxygens (including phenoxy) is 2. The van der Waals surface area contributed by atoms with E-state index < -0.39 is 36.7 Å². The van der Waals surface area contributed by atoms with Crippen molar-refractivity contribution in [2.45, 2.75) is 51.2 Å². The number of nitrogens with zero attached hydrogens (tertiary/aromatic N) is 8. The average molecular weight is 483 g/mol. The lowest BCUT2D eigenvalue weighted by atomic mass is 10.1. The summed E-state index contributed by atoms with van der Waals surface area (Å²) in [5.41, 5.74) is 16.6. The number of hydrogen-bond donors (Lipinski definition) is 3. The van der Waals surface area contributed by atoms with Gasteiger partial charge in [0.1, 0.15) is 24.0 Å². The van der Waals surface area contributed by atoms with Gasteiger partial charge < -0.3 is 25.4 Å². The van der Waals surface area contributed by atoms with Gasteiger partial charge in [-0.2, -0.15) is 4.98 Å². The summed E-state index contributed by atoms with van der Waals surface area (Å²) in [7, 11) is 0. The number of hydrogen-bond acceptors (Lipinski definition) is 10. The molecule has 1 fully saturated rings. The fourth-order valence-corrected chi connectivity index (χ4v) is 3.77. The SMILES string of the molecule is Cc1cn([C@@H]2O[C@H](CO)[C@@H](O)[C@H]2OCc2cn(Cc3ccc(CN=[N+]=[N-])cc3)nn2)c(N)nc1=O. The fourth-order valence-electron chi connectivity index (χ4n) is 3.77. The van der Waals surface area contributed by atoms with E-state index in [1.54, 1.807) is 17.8 Å². The predicted octanol–water partition coefficient (Wildman–Crippen LogP) is 0.420. The van der Waals surface area contributed by atoms with Gasteiger partial charge in [-0.1, -0.05) is 34.6 Å². The maximum absolute atomic E-state index is 11.8. The standard InChI is InChI=1S/C21H25N9O5/c1-12-7-30(21(22)25-19(12)33)20-18(17(32)16(10-31)35-20)34-11-15-9-29(28-26-15)8-14-4-2-13(3-5-14)6-24-27-23/h2-5,7,9,16-18,20,31-32H,6,8,10-11H2,1H3,(H2,22,25,33)/t16-,17-,18-,20-/m1/s1. The molecular formula is C21H25N9O5. The number of aliphatic hydroxyl groups is 2. The Labute approximate surface area is 199 Å². The van der Waals surface area contributed by atoms with Gasteiger partial charge in [-0.05, 0) is 23.6 Å². The van der Waals surface area contributed by atoms with Crippen LogP contribution in [-0.4, -0.2) is 59.7 Å². The molecular weight excluding hydrogens is 458 g/mol. The first kappa shape index (κ1) is 24.3. The van der Waals surface area contributed by atoms with Crippen LogP contribution < -0.4 is 11.3 Å². The van der Waals surface area contributed by atoms with E-state index in [1.165, 1.54) is 10.8 Å². The monoisotopic (exact) mass is 483 g/mol. The number of nitrogen functional groups attached to an aromatic ring is 1. The van der Waals surface area contributed by atoms with Gasteiger partial charge in [-0.3, -0.25) is 9.36 Å². The summed E-state index contributed by atoms with van der Waals surface area (Å²) in [5, 5.41) is 32.0. The third-order valence-corrected chi connectivity index (χ3v) is 5.61. The lowest BCUT2D eigenvalue weighted by Crippen LogP contribution is -2.36. The van der Waals surface area contributed by atoms with E-state index in [0.717, 1.165) is 11.1 Å². The van der Waals surface area contributed by atoms with Crippen LogP contribution in [0.2, 0.25) is 0 Å². The van der Waals surface area contributed by atoms with E-state index in [1.807, 2.05) is 24.3 Å². The second kappa shape index (κ2) is 10.6. The quantitative estimate of drug-likeness (QED) is 0.219. The molecule has 14 heteroatoms. The van der Waals surface area contributed by atoms with Crippen molar-refractivity contribution in [3.63, 3.8) is 0 Å². The van der Waals surface area contributed by atoms with Crippen molar-refractivity contribution < 1.29 is 19.7 Å². The van der Waals surface area contributed by atoms with Crippen molar-refractivity contribution in [1.82, 2.24) is 24.5 Å². The third kappa shape index (κ3) is 5.48. The van der Waals surface area contributed by atoms with Crippen LogP contribution in [0.25, 0.3) is 10.4 Å². The predicted molar refractivity (Wildman–Crippen MR) is 122 cm³/mol. The molecule has 4 atom stereocenters. The van der Waals surface area contributed by atoms with Crippen LogP contribution >= 0.6 is 0 Å². The molecule has 0 unspecified atom stereocenters. The first-order valence-electron chi connectivity index (χ1n) is 10.8. The Kier molecular flexibility index (Phi) is 7.39. The second-order valence-electron chi connectivity index (χ2n) is 8.12. The number of nitrogens with two attached hydrogens (primary N) is 1. The summed E-state index contributed by atoms with van der Waals surface area (Å²) >= 11 is 0. The van der Waals surface area contributed by atoms with Crippen molar-refractivity contribution in [3.05, 3.63) is 79.8 Å². The summed E-state index contributed by atoms with van der Waals surface area (Å²) in [4.78, 5) is 18.3. The summed E-state index contributed by atoms with van der Waals surface area (Å²) in [6.07, 6.45) is -0.676. The molecule has 0 bridgehead atoms. The number of aryl methyl sites for hydroxylation is 1. The average Bonchev–Trinajstić information content (AvgIpc) is 3.43. The molecule has 35 heavy (non-hydrogen) atoms. The van der Waals surface area contributed by atoms with Crippen molar-refractivity contribution in [3.8, 4) is 0 Å². The van der Waals surface area contributed by atoms with Crippen molar-refractivity contribution in [1.29, 1.82) is 0 Å². The van der Waals surface area contributed by atoms with Crippen LogP contribution in [0.5, 0.6) is 0 Å². The largest absolute Gasteiger partial charge is 0.394 e. The van der Waals surface area contributed by atoms with Crippen molar-refractivity contribution >= 4 is 5.95 Å². The summed E-state index contributed by atoms with van der Waals surface area (Å²) in [6, 6.07) is 7.58. The third-order valence-electron chi connectivity index (χ3n) is 5.61. The van der Waals surface area contributed by atoms with E-state index in [4.69, 9.17) is 20.7 Å². The molecule has 1 aromatic carbocycles. The van der Waals surface area contributed by atoms with Gasteiger partial charge >= 0.3 is 0 Å². The Bertz CT molecular complexity index is 1270. The normalized spacial score (nSPS) is 21.7. The van der Waals surface area contributed by atoms with Crippen LogP contribution in [-0.2, 0) is 29.2 Å². The van der Waals surface area contributed by atoms with Gasteiger partial charge in [-0.15, -0.1) is 5.10 Å². The smallest absolute Gasteiger partial charge is 0.277 e. The molecule has 0 aliphatic carbocycles. The summed E-state index contributed by atoms with van der Waals surface area (Å²) in [5.74, 6) is -0.0959. The van der Waals surface area contributed by atoms with Crippen molar-refractivity contribution in [2.75, 3.05) is 12.3 Å². The van der Waals surface area contributed by atoms with Crippen LogP contribution in [0.4, 0.5) is 5.95 Å². The number of aliphatic hydroxyl groups excluding tert-OH is 2. The molecule has 3 aromatic rings. The molecule has 0 saturated carbocycles. The summed E-state index contributed by atoms with van der Waals surface area (Å²) in [6.45, 7) is 1.93. The molecule has 1 aliphatic heterocycles. The molecule has 4 N–H and O–H groups in total. The highest BCUT2D eigenvalue weighted by Crippen LogP contribution is 2.33. The molecule has 14 nitrogen and oxygen atoms in total. The van der Waals surface area contributed by atoms with E-state index in [9.17, 15) is 15.0 Å². The van der Waals surface area contributed by atoms with Gasteiger partial charge in [0, 0.05) is 16.7 Å². The number of azide groups is 1. The molecule has 3 heterocycles. The molecule has 0 radical (unpaired) electrons. The molecule has 184 valence electrons. The molecule has 1 aliphatic rings. The zero-order valence-corrected chi connectivity index (χ0v) is 18.9. The molecule has 0 spiro atoms. The molecule has 0 amide bonds. The van der Waals surface area contributed by atoms with Crippen LogP contribution in [0.3, 0.4) is 0 Å². The Hall–Kier alpha value is -3.81. The molecule has 4 rings (SSSR count). The number of rotatable bonds is 9. The first-order valence-corrected chi connectivity index (χ1v) is 10.8. The van der Waals surface area contributed by atoms with Crippen molar-refractivity contribution in [2.24, 2.45) is 5.11 Å². The number of anilines is 1. The highest BCUT2D eigenvalue weighted by Gasteiger charge is 2.45. The Morgan fingerprint density at radius 2 is 2.03 bits per heavy atom. The maximum Gasteiger partial charge on any atom is 0.277 e. The second-order valence-corrected chi connectivity index (χ2v) is 8.12. The topological polar surface area (TPSA) is 199 Å². The van der Waals surface area contributed by atoms with Crippen LogP contribution in [0, 0.1) is 6.92 Å². The van der Waals surface area contributed by atoms with E-state index >= 15 is 0 Å². The van der Waals surface area contributed by atoms with Gasteiger partial charge in [0.15, 0.2) is 6.23 Å². The maximum atomic E-state index is 11.8. The minimum Gasteiger partial charge on any atom is -0.394 e. The number of aromatic nitrogens is 5. The Morgan fingerprint density at radius 1 is 1.29 bits per heavy atom. The van der Waals surface area contributed by atoms with Gasteiger partial charge in [-0.25, -0.2) is 4.68 Å². The highest BCUT2D eigenvalue weighted by atomic mass is 16.6. The Balaban J connectivity index is 1.43. The zero-order valence-electron chi connectivity index (χ0n) is 18.9. The van der Waals surface area contributed by atoms with E-state index in [-0.39, 0.29) is 19.1 Å². The minimum atomic E-state index is -1.15. The lowest BCUT2D eigenvalue weighted by molar-refractivity contribution is -0.0779. The molecule has 2 aromatic heterocycles. The highest BCUT2D eigenvalue weighted by molar-refractivity contribution is 5.23. The summed E-state index contributed by atoms with van der Waals surface area (Å²) < 4.78 is 14.7. The van der Waals surface area contributed by atoms with E-state index in [2.05, 4.69) is 25.3 Å². The first-order chi connectivity index (χ1) is 16.9. The number of benzene rings is 1. The molecule has 1 saturated heterocycles. The van der Waals surface area contributed by atoms with Gasteiger partial charge in [0.25, 0.3) is 5.56 Å². The van der Waals surface area contributed by atoms with E-state index in [0.29, 0.717) is 17.8 Å². The Morgan fingerprint density at radius 3 is 2.74 bits per heavy atom. The zero-order chi connectivity index (χ0) is 24.9. The van der Waals surface area contributed by atoms with Crippen LogP contribution in [0.1, 0.15) is 28.6 Å². The van der Waals surface area contributed by atoms with Gasteiger partial charge in [0.2, 0.25) is 5.95 Å². The minimum absolute atomic E-state index is 0.0113. The van der Waals surface area contributed by atoms with Crippen LogP contribution in [0.15, 0.2) is 46.6 Å². The lowest BCUT2D eigenvalue weighted by Gasteiger charge is -2.23. The van der Waals surface area contributed by atoms with Gasteiger partial charge in [0.05, 0.1) is 32.5 Å².